The summed E-state index contributed by atoms with van der Waals surface area (Å²) in [5.74, 6) is 0.707. The van der Waals surface area contributed by atoms with Crippen molar-refractivity contribution in [1.29, 1.82) is 0 Å². The lowest BCUT2D eigenvalue weighted by atomic mass is 9.85. The van der Waals surface area contributed by atoms with Gasteiger partial charge in [-0.05, 0) is 31.6 Å². The first-order chi connectivity index (χ1) is 9.11. The quantitative estimate of drug-likeness (QED) is 0.829. The average Bonchev–Trinajstić information content (AvgIpc) is 2.92. The molecular formula is C16H32N2O. The fourth-order valence-corrected chi connectivity index (χ4v) is 3.62. The van der Waals surface area contributed by atoms with E-state index in [1.807, 2.05) is 0 Å². The van der Waals surface area contributed by atoms with Crippen LogP contribution in [0.3, 0.4) is 0 Å². The van der Waals surface area contributed by atoms with E-state index in [2.05, 4.69) is 37.9 Å². The third-order valence-corrected chi connectivity index (χ3v) is 5.35. The number of ether oxygens (including phenoxy) is 1. The molecule has 2 unspecified atom stereocenters. The molecule has 0 aromatic rings. The smallest absolute Gasteiger partial charge is 0.0703 e. The lowest BCUT2D eigenvalue weighted by Crippen LogP contribution is -2.66. The van der Waals surface area contributed by atoms with Crippen molar-refractivity contribution >= 4 is 0 Å². The van der Waals surface area contributed by atoms with Crippen LogP contribution in [-0.2, 0) is 4.74 Å². The molecule has 3 heteroatoms. The average molecular weight is 268 g/mol. The topological polar surface area (TPSA) is 24.5 Å². The molecular weight excluding hydrogens is 236 g/mol. The van der Waals surface area contributed by atoms with Gasteiger partial charge in [0.15, 0.2) is 0 Å². The molecule has 2 fully saturated rings. The predicted octanol–water partition coefficient (Wildman–Crippen LogP) is 2.65. The van der Waals surface area contributed by atoms with E-state index in [9.17, 15) is 0 Å². The van der Waals surface area contributed by atoms with E-state index in [1.54, 1.807) is 0 Å². The maximum atomic E-state index is 5.87. The van der Waals surface area contributed by atoms with Gasteiger partial charge in [-0.2, -0.15) is 0 Å². The Bertz CT molecular complexity index is 268. The summed E-state index contributed by atoms with van der Waals surface area (Å²) in [6.45, 7) is 13.7. The van der Waals surface area contributed by atoms with Gasteiger partial charge in [-0.3, -0.25) is 4.90 Å². The Morgan fingerprint density at radius 1 is 1.32 bits per heavy atom. The molecule has 0 aromatic heterocycles. The minimum atomic E-state index is 0.345. The van der Waals surface area contributed by atoms with E-state index in [-0.39, 0.29) is 0 Å². The zero-order chi connectivity index (χ0) is 13.9. The summed E-state index contributed by atoms with van der Waals surface area (Å²) in [4.78, 5) is 2.74. The van der Waals surface area contributed by atoms with Crippen molar-refractivity contribution in [3.8, 4) is 0 Å². The largest absolute Gasteiger partial charge is 0.377 e. The van der Waals surface area contributed by atoms with E-state index < -0.39 is 0 Å². The second-order valence-electron chi connectivity index (χ2n) is 6.70. The van der Waals surface area contributed by atoms with Crippen LogP contribution >= 0.6 is 0 Å². The molecule has 2 saturated heterocycles. The summed E-state index contributed by atoms with van der Waals surface area (Å²) in [6, 6.07) is 0.632. The van der Waals surface area contributed by atoms with Crippen LogP contribution in [0.25, 0.3) is 0 Å². The van der Waals surface area contributed by atoms with E-state index in [0.29, 0.717) is 23.6 Å². The molecule has 0 amide bonds. The van der Waals surface area contributed by atoms with Crippen LogP contribution in [0, 0.1) is 5.92 Å². The molecule has 0 saturated carbocycles. The number of piperazine rings is 1. The van der Waals surface area contributed by atoms with Crippen LogP contribution in [-0.4, -0.2) is 48.8 Å². The second-order valence-corrected chi connectivity index (χ2v) is 6.70. The molecule has 3 nitrogen and oxygen atoms in total. The SMILES string of the molecule is CCC1(CC)CNC(C(C)C)CN1CC1CCCO1. The Kier molecular flexibility index (Phi) is 5.27. The van der Waals surface area contributed by atoms with Crippen molar-refractivity contribution in [2.45, 2.75) is 71.1 Å². The van der Waals surface area contributed by atoms with Gasteiger partial charge in [0.1, 0.15) is 0 Å². The van der Waals surface area contributed by atoms with Gasteiger partial charge in [0.05, 0.1) is 6.10 Å². The van der Waals surface area contributed by atoms with Crippen LogP contribution in [0.5, 0.6) is 0 Å². The number of nitrogens with zero attached hydrogens (tertiary/aromatic N) is 1. The fourth-order valence-electron chi connectivity index (χ4n) is 3.62. The molecule has 1 N–H and O–H groups in total. The van der Waals surface area contributed by atoms with Crippen LogP contribution < -0.4 is 5.32 Å². The van der Waals surface area contributed by atoms with Gasteiger partial charge < -0.3 is 10.1 Å². The number of hydrogen-bond acceptors (Lipinski definition) is 3. The first kappa shape index (κ1) is 15.3. The minimum absolute atomic E-state index is 0.345. The van der Waals surface area contributed by atoms with Crippen LogP contribution in [0.2, 0.25) is 0 Å². The normalized spacial score (nSPS) is 32.1. The summed E-state index contributed by atoms with van der Waals surface area (Å²) in [6.07, 6.45) is 5.43. The molecule has 2 rings (SSSR count). The Hall–Kier alpha value is -0.120. The first-order valence-corrected chi connectivity index (χ1v) is 8.21. The van der Waals surface area contributed by atoms with Crippen molar-refractivity contribution in [2.75, 3.05) is 26.2 Å². The molecule has 0 spiro atoms. The molecule has 0 bridgehead atoms. The van der Waals surface area contributed by atoms with E-state index >= 15 is 0 Å². The van der Waals surface area contributed by atoms with E-state index in [4.69, 9.17) is 4.74 Å². The molecule has 0 aromatic carbocycles. The zero-order valence-corrected chi connectivity index (χ0v) is 13.2. The molecule has 2 aliphatic heterocycles. The van der Waals surface area contributed by atoms with Gasteiger partial charge in [-0.1, -0.05) is 27.7 Å². The third-order valence-electron chi connectivity index (χ3n) is 5.35. The molecule has 2 heterocycles. The fraction of sp³-hybridized carbons (Fsp3) is 1.00. The lowest BCUT2D eigenvalue weighted by Gasteiger charge is -2.51. The molecule has 2 atom stereocenters. The van der Waals surface area contributed by atoms with Crippen molar-refractivity contribution in [1.82, 2.24) is 10.2 Å². The molecule has 0 aliphatic carbocycles. The lowest BCUT2D eigenvalue weighted by molar-refractivity contribution is -0.0181. The van der Waals surface area contributed by atoms with E-state index in [1.165, 1.54) is 32.2 Å². The first-order valence-electron chi connectivity index (χ1n) is 8.21. The summed E-state index contributed by atoms with van der Waals surface area (Å²) in [5.41, 5.74) is 0.345. The zero-order valence-electron chi connectivity index (χ0n) is 13.2. The highest BCUT2D eigenvalue weighted by Crippen LogP contribution is 2.30. The number of nitrogens with one attached hydrogen (secondary N) is 1. The summed E-state index contributed by atoms with van der Waals surface area (Å²) >= 11 is 0. The predicted molar refractivity (Wildman–Crippen MR) is 80.5 cm³/mol. The molecule has 2 aliphatic rings. The van der Waals surface area contributed by atoms with Gasteiger partial charge >= 0.3 is 0 Å². The number of rotatable bonds is 5. The highest BCUT2D eigenvalue weighted by Gasteiger charge is 2.40. The maximum absolute atomic E-state index is 5.87. The van der Waals surface area contributed by atoms with Gasteiger partial charge in [0, 0.05) is 37.8 Å². The Labute approximate surface area is 119 Å². The molecule has 0 radical (unpaired) electrons. The molecule has 19 heavy (non-hydrogen) atoms. The van der Waals surface area contributed by atoms with E-state index in [0.717, 1.165) is 19.7 Å². The van der Waals surface area contributed by atoms with Gasteiger partial charge in [-0.25, -0.2) is 0 Å². The minimum Gasteiger partial charge on any atom is -0.377 e. The Balaban J connectivity index is 2.05. The highest BCUT2D eigenvalue weighted by molar-refractivity contribution is 4.99. The third kappa shape index (κ3) is 3.32. The standard InChI is InChI=1S/C16H32N2O/c1-5-16(6-2)12-17-15(13(3)4)11-18(16)10-14-8-7-9-19-14/h13-15,17H,5-12H2,1-4H3. The van der Waals surface area contributed by atoms with Crippen LogP contribution in [0.4, 0.5) is 0 Å². The van der Waals surface area contributed by atoms with Crippen molar-refractivity contribution < 1.29 is 4.74 Å². The van der Waals surface area contributed by atoms with Crippen molar-refractivity contribution in [2.24, 2.45) is 5.92 Å². The summed E-state index contributed by atoms with van der Waals surface area (Å²) < 4.78 is 5.87. The van der Waals surface area contributed by atoms with Gasteiger partial charge in [-0.15, -0.1) is 0 Å². The Morgan fingerprint density at radius 2 is 2.05 bits per heavy atom. The van der Waals surface area contributed by atoms with Crippen molar-refractivity contribution in [3.05, 3.63) is 0 Å². The van der Waals surface area contributed by atoms with Crippen molar-refractivity contribution in [3.63, 3.8) is 0 Å². The monoisotopic (exact) mass is 268 g/mol. The molecule has 112 valence electrons. The summed E-state index contributed by atoms with van der Waals surface area (Å²) in [5, 5.41) is 3.78. The van der Waals surface area contributed by atoms with Gasteiger partial charge in [0.25, 0.3) is 0 Å². The van der Waals surface area contributed by atoms with Gasteiger partial charge in [0.2, 0.25) is 0 Å². The number of hydrogen-bond donors (Lipinski definition) is 1. The second kappa shape index (κ2) is 6.55. The summed E-state index contributed by atoms with van der Waals surface area (Å²) in [7, 11) is 0. The Morgan fingerprint density at radius 3 is 2.58 bits per heavy atom. The highest BCUT2D eigenvalue weighted by atomic mass is 16.5. The van der Waals surface area contributed by atoms with Crippen LogP contribution in [0.15, 0.2) is 0 Å². The van der Waals surface area contributed by atoms with Crippen LogP contribution in [0.1, 0.15) is 53.4 Å². The maximum Gasteiger partial charge on any atom is 0.0703 e.